The summed E-state index contributed by atoms with van der Waals surface area (Å²) in [6, 6.07) is 18.1. The second kappa shape index (κ2) is 6.67. The Morgan fingerprint density at radius 2 is 1.83 bits per heavy atom. The average Bonchev–Trinajstić information content (AvgIpc) is 2.52. The van der Waals surface area contributed by atoms with Crippen molar-refractivity contribution >= 4 is 16.7 Å². The van der Waals surface area contributed by atoms with Crippen LogP contribution in [0.25, 0.3) is 10.9 Å². The molecule has 0 atom stereocenters. The van der Waals surface area contributed by atoms with Crippen LogP contribution in [0.3, 0.4) is 0 Å². The van der Waals surface area contributed by atoms with Crippen molar-refractivity contribution in [2.75, 3.05) is 19.8 Å². The third kappa shape index (κ3) is 3.99. The Morgan fingerprint density at radius 1 is 1.00 bits per heavy atom. The van der Waals surface area contributed by atoms with E-state index in [1.807, 2.05) is 36.4 Å². The smallest absolute Gasteiger partial charge is 0.124 e. The average molecular weight is 307 g/mol. The maximum Gasteiger partial charge on any atom is 0.124 e. The number of nitrogen functional groups attached to an aromatic ring is 1. The lowest BCUT2D eigenvalue weighted by Crippen LogP contribution is -2.10. The fourth-order valence-electron chi connectivity index (χ4n) is 2.53. The van der Waals surface area contributed by atoms with Crippen molar-refractivity contribution in [3.63, 3.8) is 0 Å². The lowest BCUT2D eigenvalue weighted by atomic mass is 10.1. The summed E-state index contributed by atoms with van der Waals surface area (Å²) < 4.78 is 5.92. The molecule has 0 spiro atoms. The summed E-state index contributed by atoms with van der Waals surface area (Å²) in [7, 11) is 4.11. The van der Waals surface area contributed by atoms with Crippen molar-refractivity contribution in [3.05, 3.63) is 65.7 Å². The van der Waals surface area contributed by atoms with Gasteiger partial charge in [0.2, 0.25) is 0 Å². The molecule has 0 unspecified atom stereocenters. The molecule has 0 aliphatic rings. The maximum atomic E-state index is 5.92. The van der Waals surface area contributed by atoms with Gasteiger partial charge in [0.15, 0.2) is 0 Å². The third-order valence-electron chi connectivity index (χ3n) is 3.58. The minimum atomic E-state index is 0.512. The number of anilines is 1. The molecule has 0 saturated carbocycles. The van der Waals surface area contributed by atoms with E-state index in [1.54, 1.807) is 0 Å². The summed E-state index contributed by atoms with van der Waals surface area (Å²) in [5, 5.41) is 1.08. The minimum Gasteiger partial charge on any atom is -0.489 e. The van der Waals surface area contributed by atoms with Crippen LogP contribution >= 0.6 is 0 Å². The van der Waals surface area contributed by atoms with Crippen molar-refractivity contribution in [3.8, 4) is 5.75 Å². The van der Waals surface area contributed by atoms with E-state index in [1.165, 1.54) is 5.56 Å². The van der Waals surface area contributed by atoms with Gasteiger partial charge in [-0.3, -0.25) is 0 Å². The molecule has 0 amide bonds. The number of fused-ring (bicyclic) bond motifs is 1. The van der Waals surface area contributed by atoms with Gasteiger partial charge in [-0.15, -0.1) is 0 Å². The topological polar surface area (TPSA) is 51.4 Å². The lowest BCUT2D eigenvalue weighted by Gasteiger charge is -2.12. The highest BCUT2D eigenvalue weighted by Crippen LogP contribution is 2.19. The van der Waals surface area contributed by atoms with E-state index in [9.17, 15) is 0 Å². The number of ether oxygens (including phenoxy) is 1. The van der Waals surface area contributed by atoms with Crippen LogP contribution in [0, 0.1) is 0 Å². The van der Waals surface area contributed by atoms with Crippen LogP contribution < -0.4 is 10.5 Å². The molecule has 118 valence electrons. The van der Waals surface area contributed by atoms with Crippen molar-refractivity contribution in [2.24, 2.45) is 0 Å². The Morgan fingerprint density at radius 3 is 2.65 bits per heavy atom. The Balaban J connectivity index is 1.73. The van der Waals surface area contributed by atoms with E-state index in [0.717, 1.165) is 28.8 Å². The molecule has 1 aromatic heterocycles. The fraction of sp³-hybridized carbons (Fsp3) is 0.211. The zero-order valence-electron chi connectivity index (χ0n) is 13.5. The Labute approximate surface area is 136 Å². The van der Waals surface area contributed by atoms with Gasteiger partial charge in [-0.1, -0.05) is 24.3 Å². The number of hydrogen-bond acceptors (Lipinski definition) is 4. The molecule has 2 aromatic carbocycles. The van der Waals surface area contributed by atoms with E-state index in [0.29, 0.717) is 12.4 Å². The maximum absolute atomic E-state index is 5.92. The van der Waals surface area contributed by atoms with Crippen molar-refractivity contribution in [1.82, 2.24) is 9.88 Å². The molecule has 0 aliphatic carbocycles. The lowest BCUT2D eigenvalue weighted by molar-refractivity contribution is 0.305. The van der Waals surface area contributed by atoms with Gasteiger partial charge in [0.05, 0.1) is 5.52 Å². The first kappa shape index (κ1) is 15.3. The summed E-state index contributed by atoms with van der Waals surface area (Å²) in [4.78, 5) is 6.49. The zero-order valence-corrected chi connectivity index (χ0v) is 13.5. The van der Waals surface area contributed by atoms with Crippen molar-refractivity contribution in [2.45, 2.75) is 13.2 Å². The Hall–Kier alpha value is -2.59. The highest BCUT2D eigenvalue weighted by molar-refractivity contribution is 5.80. The van der Waals surface area contributed by atoms with Gasteiger partial charge >= 0.3 is 0 Å². The molecular weight excluding hydrogens is 286 g/mol. The van der Waals surface area contributed by atoms with Crippen molar-refractivity contribution < 1.29 is 4.74 Å². The molecule has 23 heavy (non-hydrogen) atoms. The Bertz CT molecular complexity index is 815. The first-order chi connectivity index (χ1) is 11.1. The van der Waals surface area contributed by atoms with Crippen LogP contribution in [0.4, 0.5) is 5.82 Å². The van der Waals surface area contributed by atoms with Gasteiger partial charge in [-0.2, -0.15) is 0 Å². The largest absolute Gasteiger partial charge is 0.489 e. The number of nitrogens with two attached hydrogens (primary N) is 1. The number of nitrogens with zero attached hydrogens (tertiary/aromatic N) is 2. The van der Waals surface area contributed by atoms with Crippen LogP contribution in [-0.2, 0) is 13.2 Å². The molecule has 2 N–H and O–H groups in total. The summed E-state index contributed by atoms with van der Waals surface area (Å²) in [6.45, 7) is 1.41. The SMILES string of the molecule is CN(C)Cc1cccc(OCc2ccc3ccc(N)nc3c2)c1. The summed E-state index contributed by atoms with van der Waals surface area (Å²) >= 11 is 0. The minimum absolute atomic E-state index is 0.512. The van der Waals surface area contributed by atoms with Crippen molar-refractivity contribution in [1.29, 1.82) is 0 Å². The number of benzene rings is 2. The van der Waals surface area contributed by atoms with Gasteiger partial charge in [-0.25, -0.2) is 4.98 Å². The van der Waals surface area contributed by atoms with Crippen LogP contribution in [0.5, 0.6) is 5.75 Å². The number of rotatable bonds is 5. The predicted octanol–water partition coefficient (Wildman–Crippen LogP) is 3.46. The predicted molar refractivity (Wildman–Crippen MR) is 94.3 cm³/mol. The molecule has 3 aromatic rings. The summed E-state index contributed by atoms with van der Waals surface area (Å²) in [5.74, 6) is 1.41. The van der Waals surface area contributed by atoms with Gasteiger partial charge in [-0.05, 0) is 55.6 Å². The quantitative estimate of drug-likeness (QED) is 0.784. The molecule has 0 aliphatic heterocycles. The number of hydrogen-bond donors (Lipinski definition) is 1. The van der Waals surface area contributed by atoms with Crippen LogP contribution in [0.15, 0.2) is 54.6 Å². The number of pyridine rings is 1. The third-order valence-corrected chi connectivity index (χ3v) is 3.58. The second-order valence-electron chi connectivity index (χ2n) is 5.94. The van der Waals surface area contributed by atoms with E-state index in [4.69, 9.17) is 10.5 Å². The first-order valence-corrected chi connectivity index (χ1v) is 7.62. The summed E-state index contributed by atoms with van der Waals surface area (Å²) in [5.41, 5.74) is 8.96. The molecule has 0 bridgehead atoms. The van der Waals surface area contributed by atoms with E-state index >= 15 is 0 Å². The highest BCUT2D eigenvalue weighted by Gasteiger charge is 2.02. The van der Waals surface area contributed by atoms with Crippen LogP contribution in [0.2, 0.25) is 0 Å². The highest BCUT2D eigenvalue weighted by atomic mass is 16.5. The van der Waals surface area contributed by atoms with Gasteiger partial charge < -0.3 is 15.4 Å². The normalized spacial score (nSPS) is 11.1. The Kier molecular flexibility index (Phi) is 4.44. The second-order valence-corrected chi connectivity index (χ2v) is 5.94. The molecule has 1 heterocycles. The van der Waals surface area contributed by atoms with Gasteiger partial charge in [0.1, 0.15) is 18.2 Å². The molecule has 0 saturated heterocycles. The standard InChI is InChI=1S/C19H21N3O/c1-22(2)12-14-4-3-5-17(10-14)23-13-15-6-7-16-8-9-19(20)21-18(16)11-15/h3-11H,12-13H2,1-2H3,(H2,20,21). The van der Waals surface area contributed by atoms with Gasteiger partial charge in [0.25, 0.3) is 0 Å². The van der Waals surface area contributed by atoms with Gasteiger partial charge in [0, 0.05) is 11.9 Å². The number of aromatic nitrogens is 1. The molecular formula is C19H21N3O. The van der Waals surface area contributed by atoms with Crippen LogP contribution in [-0.4, -0.2) is 24.0 Å². The molecule has 4 heteroatoms. The fourth-order valence-corrected chi connectivity index (χ4v) is 2.53. The molecule has 4 nitrogen and oxygen atoms in total. The van der Waals surface area contributed by atoms with E-state index in [-0.39, 0.29) is 0 Å². The first-order valence-electron chi connectivity index (χ1n) is 7.62. The molecule has 0 radical (unpaired) electrons. The zero-order chi connectivity index (χ0) is 16.2. The van der Waals surface area contributed by atoms with E-state index in [2.05, 4.69) is 42.2 Å². The van der Waals surface area contributed by atoms with Crippen LogP contribution in [0.1, 0.15) is 11.1 Å². The monoisotopic (exact) mass is 307 g/mol. The molecule has 3 rings (SSSR count). The molecule has 0 fully saturated rings. The van der Waals surface area contributed by atoms with E-state index < -0.39 is 0 Å². The summed E-state index contributed by atoms with van der Waals surface area (Å²) in [6.07, 6.45) is 0.